The fourth-order valence-electron chi connectivity index (χ4n) is 8.17. The van der Waals surface area contributed by atoms with Gasteiger partial charge >= 0.3 is 0 Å². The second-order valence-electron chi connectivity index (χ2n) is 13.3. The van der Waals surface area contributed by atoms with Crippen LogP contribution in [-0.2, 0) is 0 Å². The number of hydrogen-bond donors (Lipinski definition) is 0. The van der Waals surface area contributed by atoms with Crippen molar-refractivity contribution < 1.29 is 0 Å². The van der Waals surface area contributed by atoms with E-state index in [1.807, 2.05) is 0 Å². The van der Waals surface area contributed by atoms with Crippen molar-refractivity contribution in [2.45, 2.75) is 65.2 Å². The van der Waals surface area contributed by atoms with Gasteiger partial charge in [-0.15, -0.1) is 0 Å². The van der Waals surface area contributed by atoms with E-state index in [2.05, 4.69) is 156 Å². The summed E-state index contributed by atoms with van der Waals surface area (Å²) >= 11 is 0. The Balaban J connectivity index is 1.41. The van der Waals surface area contributed by atoms with Gasteiger partial charge in [0.1, 0.15) is 0 Å². The van der Waals surface area contributed by atoms with Crippen molar-refractivity contribution in [1.29, 1.82) is 0 Å². The van der Waals surface area contributed by atoms with E-state index in [0.29, 0.717) is 17.2 Å². The first-order valence-corrected chi connectivity index (χ1v) is 19.4. The molecule has 226 valence electrons. The van der Waals surface area contributed by atoms with E-state index in [0.717, 1.165) is 0 Å². The maximum atomic E-state index is 2.61. The van der Waals surface area contributed by atoms with Crippen LogP contribution >= 0.6 is 15.8 Å². The summed E-state index contributed by atoms with van der Waals surface area (Å²) in [7, 11) is -1.14. The molecule has 1 fully saturated rings. The van der Waals surface area contributed by atoms with Crippen LogP contribution in [0.3, 0.4) is 0 Å². The molecular formula is C43H44P2. The van der Waals surface area contributed by atoms with E-state index in [-0.39, 0.29) is 0 Å². The van der Waals surface area contributed by atoms with Crippen LogP contribution < -0.4 is 21.2 Å². The van der Waals surface area contributed by atoms with Gasteiger partial charge in [0.2, 0.25) is 0 Å². The quantitative estimate of drug-likeness (QED) is 0.155. The zero-order chi connectivity index (χ0) is 31.1. The van der Waals surface area contributed by atoms with Crippen LogP contribution in [0.2, 0.25) is 0 Å². The maximum absolute atomic E-state index is 2.61. The fraction of sp³-hybridized carbons (Fsp3) is 0.256. The molecule has 0 saturated heterocycles. The molecule has 6 aromatic rings. The molecule has 1 aliphatic rings. The molecule has 1 saturated carbocycles. The largest absolute Gasteiger partial charge is 0.0616 e. The Morgan fingerprint density at radius 2 is 0.978 bits per heavy atom. The predicted octanol–water partition coefficient (Wildman–Crippen LogP) is 10.3. The molecule has 0 N–H and O–H groups in total. The number of hydrogen-bond acceptors (Lipinski definition) is 0. The second kappa shape index (κ2) is 12.8. The molecule has 0 amide bonds. The monoisotopic (exact) mass is 622 g/mol. The standard InChI is InChI=1S/C43H44P2/c1-29-23-30(2)26-36(25-29)44(37-27-31(3)24-32(4)28-37)33(5)38-19-12-22-41(38)45(42-20-10-15-34-13-6-8-17-39(34)42)43-21-11-16-35-14-7-9-18-40(35)43/h6-11,13-18,20-21,23-28,33,38,41H,12,19,22H2,1-5H3/t33-,38?,41?/m1/s1. The number of fused-ring (bicyclic) bond motifs is 2. The van der Waals surface area contributed by atoms with Gasteiger partial charge in [0, 0.05) is 0 Å². The average molecular weight is 623 g/mol. The van der Waals surface area contributed by atoms with Gasteiger partial charge in [-0.05, 0) is 116 Å². The lowest BCUT2D eigenvalue weighted by Gasteiger charge is -2.38. The summed E-state index contributed by atoms with van der Waals surface area (Å²) in [5.74, 6) is 0.654. The molecule has 45 heavy (non-hydrogen) atoms. The minimum Gasteiger partial charge on any atom is -0.0616 e. The van der Waals surface area contributed by atoms with Gasteiger partial charge < -0.3 is 0 Å². The highest BCUT2D eigenvalue weighted by Crippen LogP contribution is 2.57. The molecule has 7 rings (SSSR count). The lowest BCUT2D eigenvalue weighted by Crippen LogP contribution is -2.33. The highest BCUT2D eigenvalue weighted by Gasteiger charge is 2.42. The fourth-order valence-corrected chi connectivity index (χ4v) is 15.3. The van der Waals surface area contributed by atoms with Crippen molar-refractivity contribution in [2.75, 3.05) is 0 Å². The molecule has 0 spiro atoms. The molecule has 0 radical (unpaired) electrons. The smallest absolute Gasteiger partial charge is 0.00939 e. The topological polar surface area (TPSA) is 0 Å². The third kappa shape index (κ3) is 6.01. The Morgan fingerprint density at radius 3 is 1.47 bits per heavy atom. The third-order valence-electron chi connectivity index (χ3n) is 9.91. The Bertz CT molecular complexity index is 1810. The highest BCUT2D eigenvalue weighted by atomic mass is 31.1. The summed E-state index contributed by atoms with van der Waals surface area (Å²) in [5, 5.41) is 11.8. The zero-order valence-corrected chi connectivity index (χ0v) is 29.1. The van der Waals surface area contributed by atoms with E-state index in [9.17, 15) is 0 Å². The van der Waals surface area contributed by atoms with Crippen molar-refractivity contribution >= 4 is 58.6 Å². The molecule has 2 heteroatoms. The molecule has 0 aliphatic heterocycles. The van der Waals surface area contributed by atoms with E-state index < -0.39 is 15.8 Å². The lowest BCUT2D eigenvalue weighted by atomic mass is 10.0. The second-order valence-corrected chi connectivity index (χ2v) is 18.3. The van der Waals surface area contributed by atoms with E-state index in [1.54, 1.807) is 21.2 Å². The average Bonchev–Trinajstić information content (AvgIpc) is 3.50. The van der Waals surface area contributed by atoms with E-state index in [4.69, 9.17) is 0 Å². The first-order chi connectivity index (χ1) is 21.9. The Labute approximate surface area is 272 Å². The van der Waals surface area contributed by atoms with Crippen molar-refractivity contribution in [2.24, 2.45) is 5.92 Å². The molecule has 6 aromatic carbocycles. The SMILES string of the molecule is Cc1cc(C)cc(P(c2cc(C)cc(C)c2)[C@H](C)C2CCCC2P(c2cccc3ccccc23)c2cccc3ccccc23)c1. The molecule has 0 bridgehead atoms. The summed E-state index contributed by atoms with van der Waals surface area (Å²) in [5.41, 5.74) is 6.73. The molecule has 0 nitrogen and oxygen atoms in total. The summed E-state index contributed by atoms with van der Waals surface area (Å²) in [6.45, 7) is 11.7. The summed E-state index contributed by atoms with van der Waals surface area (Å²) in [4.78, 5) is 0. The summed E-state index contributed by atoms with van der Waals surface area (Å²) in [6.07, 6.45) is 3.93. The lowest BCUT2D eigenvalue weighted by molar-refractivity contribution is 0.549. The van der Waals surface area contributed by atoms with Crippen LogP contribution in [0.15, 0.2) is 121 Å². The normalized spacial score (nSPS) is 17.5. The van der Waals surface area contributed by atoms with Crippen LogP contribution in [0.25, 0.3) is 21.5 Å². The molecular weight excluding hydrogens is 578 g/mol. The predicted molar refractivity (Wildman–Crippen MR) is 203 cm³/mol. The molecule has 1 aliphatic carbocycles. The third-order valence-corrected chi connectivity index (χ3v) is 15.9. The Morgan fingerprint density at radius 1 is 0.533 bits per heavy atom. The molecule has 3 atom stereocenters. The van der Waals surface area contributed by atoms with Crippen molar-refractivity contribution in [3.05, 3.63) is 144 Å². The minimum atomic E-state index is -0.600. The first kappa shape index (κ1) is 30.4. The van der Waals surface area contributed by atoms with Crippen molar-refractivity contribution in [3.8, 4) is 0 Å². The summed E-state index contributed by atoms with van der Waals surface area (Å²) < 4.78 is 0. The van der Waals surface area contributed by atoms with Crippen LogP contribution in [0, 0.1) is 33.6 Å². The van der Waals surface area contributed by atoms with Gasteiger partial charge in [0.15, 0.2) is 0 Å². The van der Waals surface area contributed by atoms with Gasteiger partial charge in [0.05, 0.1) is 0 Å². The van der Waals surface area contributed by atoms with Crippen molar-refractivity contribution in [1.82, 2.24) is 0 Å². The highest BCUT2D eigenvalue weighted by molar-refractivity contribution is 7.75. The van der Waals surface area contributed by atoms with Crippen LogP contribution in [0.5, 0.6) is 0 Å². The molecule has 0 heterocycles. The molecule has 0 aromatic heterocycles. The van der Waals surface area contributed by atoms with Gasteiger partial charge in [-0.1, -0.05) is 157 Å². The van der Waals surface area contributed by atoms with E-state index >= 15 is 0 Å². The number of rotatable bonds is 7. The van der Waals surface area contributed by atoms with Crippen LogP contribution in [-0.4, -0.2) is 11.3 Å². The van der Waals surface area contributed by atoms with Crippen LogP contribution in [0.4, 0.5) is 0 Å². The maximum Gasteiger partial charge on any atom is -0.00939 e. The Hall–Kier alpha value is -3.30. The number of benzene rings is 6. The van der Waals surface area contributed by atoms with Crippen molar-refractivity contribution in [3.63, 3.8) is 0 Å². The van der Waals surface area contributed by atoms with E-state index in [1.165, 1.54) is 63.1 Å². The first-order valence-electron chi connectivity index (χ1n) is 16.6. The summed E-state index contributed by atoms with van der Waals surface area (Å²) in [6, 6.07) is 47.0. The van der Waals surface area contributed by atoms with Crippen LogP contribution in [0.1, 0.15) is 48.4 Å². The van der Waals surface area contributed by atoms with Gasteiger partial charge in [-0.2, -0.15) is 0 Å². The Kier molecular flexibility index (Phi) is 8.66. The van der Waals surface area contributed by atoms with Gasteiger partial charge in [-0.3, -0.25) is 0 Å². The number of aryl methyl sites for hydroxylation is 4. The van der Waals surface area contributed by atoms with Gasteiger partial charge in [0.25, 0.3) is 0 Å². The molecule has 2 unspecified atom stereocenters. The minimum absolute atomic E-state index is 0.536. The zero-order valence-electron chi connectivity index (χ0n) is 27.3. The van der Waals surface area contributed by atoms with Gasteiger partial charge in [-0.25, -0.2) is 0 Å².